The number of nitrogens with zero attached hydrogens (tertiary/aromatic N) is 5. The Balaban J connectivity index is 1.65. The maximum Gasteiger partial charge on any atom is 0.166 e. The van der Waals surface area contributed by atoms with Crippen molar-refractivity contribution >= 4 is 16.9 Å². The predicted molar refractivity (Wildman–Crippen MR) is 106 cm³/mol. The molecular weight excluding hydrogens is 354 g/mol. The van der Waals surface area contributed by atoms with Crippen molar-refractivity contribution in [3.8, 4) is 11.4 Å². The van der Waals surface area contributed by atoms with Gasteiger partial charge in [-0.05, 0) is 32.3 Å². The minimum atomic E-state index is -0.0615. The van der Waals surface area contributed by atoms with Gasteiger partial charge in [-0.15, -0.1) is 0 Å². The average molecular weight is 378 g/mol. The minimum absolute atomic E-state index is 0.0615. The molecule has 1 unspecified atom stereocenters. The van der Waals surface area contributed by atoms with Crippen molar-refractivity contribution in [1.82, 2.24) is 19.7 Å². The van der Waals surface area contributed by atoms with E-state index >= 15 is 0 Å². The van der Waals surface area contributed by atoms with E-state index in [1.807, 2.05) is 23.0 Å². The van der Waals surface area contributed by atoms with Crippen LogP contribution in [-0.2, 0) is 9.47 Å². The molecule has 0 bridgehead atoms. The molecule has 4 heterocycles. The molecule has 0 spiro atoms. The fraction of sp³-hybridized carbons (Fsp3) is 0.476. The Morgan fingerprint density at radius 1 is 1.11 bits per heavy atom. The van der Waals surface area contributed by atoms with Gasteiger partial charge >= 0.3 is 0 Å². The van der Waals surface area contributed by atoms with Gasteiger partial charge in [-0.2, -0.15) is 5.10 Å². The number of rotatable bonds is 3. The molecule has 1 aromatic carbocycles. The molecule has 2 aromatic heterocycles. The Kier molecular flexibility index (Phi) is 4.70. The molecule has 1 radical (unpaired) electrons. The van der Waals surface area contributed by atoms with Crippen LogP contribution in [0.2, 0.25) is 0 Å². The van der Waals surface area contributed by atoms with Gasteiger partial charge in [-0.3, -0.25) is 0 Å². The molecule has 7 heteroatoms. The number of morpholine rings is 1. The first-order valence-corrected chi connectivity index (χ1v) is 9.98. The molecule has 3 aromatic rings. The third-order valence-corrected chi connectivity index (χ3v) is 5.38. The topological polar surface area (TPSA) is 65.3 Å². The zero-order chi connectivity index (χ0) is 18.9. The Morgan fingerprint density at radius 3 is 2.75 bits per heavy atom. The highest BCUT2D eigenvalue weighted by Gasteiger charge is 2.24. The van der Waals surface area contributed by atoms with Crippen molar-refractivity contribution in [2.24, 2.45) is 0 Å². The number of ether oxygens (including phenoxy) is 2. The number of aryl methyl sites for hydroxylation is 1. The maximum absolute atomic E-state index is 5.98. The van der Waals surface area contributed by atoms with Gasteiger partial charge in [0, 0.05) is 25.3 Å². The fourth-order valence-corrected chi connectivity index (χ4v) is 3.82. The molecule has 0 amide bonds. The Hall–Kier alpha value is -2.51. The van der Waals surface area contributed by atoms with E-state index in [1.165, 1.54) is 5.56 Å². The van der Waals surface area contributed by atoms with E-state index in [9.17, 15) is 0 Å². The van der Waals surface area contributed by atoms with Crippen LogP contribution in [0.15, 0.2) is 24.4 Å². The molecule has 5 rings (SSSR count). The van der Waals surface area contributed by atoms with Gasteiger partial charge in [0.1, 0.15) is 5.82 Å². The lowest BCUT2D eigenvalue weighted by Gasteiger charge is -2.28. The molecule has 145 valence electrons. The van der Waals surface area contributed by atoms with Crippen LogP contribution in [0.1, 0.15) is 31.1 Å². The second-order valence-corrected chi connectivity index (χ2v) is 7.40. The SMILES string of the molecule is Cc1c[c]c(-c2nc(N3CCOCC3)c3cnn(C4CCCCO4)c3n2)cc1. The molecule has 2 saturated heterocycles. The van der Waals surface area contributed by atoms with Crippen LogP contribution in [0.4, 0.5) is 5.82 Å². The molecule has 7 nitrogen and oxygen atoms in total. The summed E-state index contributed by atoms with van der Waals surface area (Å²) in [5.41, 5.74) is 2.88. The highest BCUT2D eigenvalue weighted by molar-refractivity contribution is 5.88. The molecule has 2 fully saturated rings. The molecule has 2 aliphatic heterocycles. The zero-order valence-electron chi connectivity index (χ0n) is 16.1. The van der Waals surface area contributed by atoms with Crippen LogP contribution in [0.25, 0.3) is 22.4 Å². The number of hydrogen-bond acceptors (Lipinski definition) is 6. The summed E-state index contributed by atoms with van der Waals surface area (Å²) < 4.78 is 13.4. The smallest absolute Gasteiger partial charge is 0.166 e. The van der Waals surface area contributed by atoms with Crippen molar-refractivity contribution in [2.75, 3.05) is 37.8 Å². The summed E-state index contributed by atoms with van der Waals surface area (Å²) in [6, 6.07) is 9.37. The van der Waals surface area contributed by atoms with E-state index in [4.69, 9.17) is 19.4 Å². The molecule has 2 aliphatic rings. The highest BCUT2D eigenvalue weighted by atomic mass is 16.5. The number of anilines is 1. The molecule has 0 aliphatic carbocycles. The Bertz CT molecular complexity index is 957. The molecule has 0 N–H and O–H groups in total. The van der Waals surface area contributed by atoms with Gasteiger partial charge in [0.2, 0.25) is 0 Å². The lowest BCUT2D eigenvalue weighted by atomic mass is 10.1. The fourth-order valence-electron chi connectivity index (χ4n) is 3.82. The normalized spacial score (nSPS) is 20.6. The Morgan fingerprint density at radius 2 is 2.00 bits per heavy atom. The first-order valence-electron chi connectivity index (χ1n) is 9.98. The zero-order valence-corrected chi connectivity index (χ0v) is 16.1. The van der Waals surface area contributed by atoms with Crippen molar-refractivity contribution in [3.05, 3.63) is 36.0 Å². The number of hydrogen-bond donors (Lipinski definition) is 0. The van der Waals surface area contributed by atoms with Crippen LogP contribution in [0.5, 0.6) is 0 Å². The van der Waals surface area contributed by atoms with Gasteiger partial charge in [0.15, 0.2) is 17.7 Å². The molecule has 28 heavy (non-hydrogen) atoms. The summed E-state index contributed by atoms with van der Waals surface area (Å²) in [6.07, 6.45) is 5.02. The molecule has 0 saturated carbocycles. The predicted octanol–water partition coefficient (Wildman–Crippen LogP) is 3.14. The summed E-state index contributed by atoms with van der Waals surface area (Å²) in [5, 5.41) is 5.61. The number of benzene rings is 1. The van der Waals surface area contributed by atoms with E-state index in [-0.39, 0.29) is 6.23 Å². The summed E-state index contributed by atoms with van der Waals surface area (Å²) in [6.45, 7) is 5.86. The van der Waals surface area contributed by atoms with Crippen molar-refractivity contribution in [3.63, 3.8) is 0 Å². The van der Waals surface area contributed by atoms with Crippen LogP contribution < -0.4 is 4.90 Å². The van der Waals surface area contributed by atoms with Gasteiger partial charge in [0.25, 0.3) is 0 Å². The lowest BCUT2D eigenvalue weighted by Crippen LogP contribution is -2.37. The monoisotopic (exact) mass is 378 g/mol. The molecule has 1 atom stereocenters. The second kappa shape index (κ2) is 7.48. The van der Waals surface area contributed by atoms with E-state index < -0.39 is 0 Å². The van der Waals surface area contributed by atoms with Crippen molar-refractivity contribution in [2.45, 2.75) is 32.4 Å². The summed E-state index contributed by atoms with van der Waals surface area (Å²) in [4.78, 5) is 12.1. The minimum Gasteiger partial charge on any atom is -0.378 e. The first-order chi connectivity index (χ1) is 13.8. The van der Waals surface area contributed by atoms with Crippen LogP contribution in [0, 0.1) is 13.0 Å². The van der Waals surface area contributed by atoms with E-state index in [2.05, 4.69) is 29.1 Å². The third kappa shape index (κ3) is 3.25. The summed E-state index contributed by atoms with van der Waals surface area (Å²) >= 11 is 0. The van der Waals surface area contributed by atoms with Crippen LogP contribution in [0.3, 0.4) is 0 Å². The van der Waals surface area contributed by atoms with E-state index in [0.29, 0.717) is 19.0 Å². The van der Waals surface area contributed by atoms with Gasteiger partial charge in [-0.1, -0.05) is 23.8 Å². The molecular formula is C21H24N5O2. The summed E-state index contributed by atoms with van der Waals surface area (Å²) in [7, 11) is 0. The van der Waals surface area contributed by atoms with Crippen molar-refractivity contribution in [1.29, 1.82) is 0 Å². The number of fused-ring (bicyclic) bond motifs is 1. The van der Waals surface area contributed by atoms with Gasteiger partial charge < -0.3 is 14.4 Å². The maximum atomic E-state index is 5.98. The second-order valence-electron chi connectivity index (χ2n) is 7.40. The lowest BCUT2D eigenvalue weighted by molar-refractivity contribution is -0.0370. The quantitative estimate of drug-likeness (QED) is 0.698. The van der Waals surface area contributed by atoms with Crippen molar-refractivity contribution < 1.29 is 9.47 Å². The number of aromatic nitrogens is 4. The largest absolute Gasteiger partial charge is 0.378 e. The highest BCUT2D eigenvalue weighted by Crippen LogP contribution is 2.31. The average Bonchev–Trinajstić information content (AvgIpc) is 3.19. The van der Waals surface area contributed by atoms with Gasteiger partial charge in [-0.25, -0.2) is 14.6 Å². The Labute approximate surface area is 164 Å². The van der Waals surface area contributed by atoms with Crippen LogP contribution in [-0.4, -0.2) is 52.7 Å². The van der Waals surface area contributed by atoms with E-state index in [1.54, 1.807) is 0 Å². The third-order valence-electron chi connectivity index (χ3n) is 5.38. The standard InChI is InChI=1S/C21H24N5O2/c1-15-5-7-16(8-6-15)19-23-20(25-9-12-27-13-10-25)17-14-22-26(21(17)24-19)18-4-2-3-11-28-18/h5-7,14,18H,2-4,9-13H2,1H3. The van der Waals surface area contributed by atoms with Gasteiger partial charge in [0.05, 0.1) is 24.8 Å². The summed E-state index contributed by atoms with van der Waals surface area (Å²) in [5.74, 6) is 1.59. The first kappa shape index (κ1) is 17.6. The van der Waals surface area contributed by atoms with Crippen LogP contribution >= 0.6 is 0 Å². The van der Waals surface area contributed by atoms with E-state index in [0.717, 1.165) is 61.4 Å².